The normalized spacial score (nSPS) is 15.0. The number of hydrogen-bond donors (Lipinski definition) is 1. The first-order valence-corrected chi connectivity index (χ1v) is 6.31. The summed E-state index contributed by atoms with van der Waals surface area (Å²) in [5, 5.41) is 2.91. The SMILES string of the molecule is CCCNC(=O)c1cccnc1N1CCCC1. The van der Waals surface area contributed by atoms with E-state index < -0.39 is 0 Å². The van der Waals surface area contributed by atoms with Gasteiger partial charge >= 0.3 is 0 Å². The van der Waals surface area contributed by atoms with Crippen LogP contribution in [0.25, 0.3) is 0 Å². The Bertz CT molecular complexity index is 386. The minimum Gasteiger partial charge on any atom is -0.356 e. The molecule has 92 valence electrons. The first-order valence-electron chi connectivity index (χ1n) is 6.31. The highest BCUT2D eigenvalue weighted by Gasteiger charge is 2.19. The number of carbonyl (C=O) groups excluding carboxylic acids is 1. The third-order valence-electron chi connectivity index (χ3n) is 2.97. The van der Waals surface area contributed by atoms with E-state index in [0.717, 1.165) is 25.3 Å². The zero-order chi connectivity index (χ0) is 12.1. The van der Waals surface area contributed by atoms with Crippen LogP contribution >= 0.6 is 0 Å². The fraction of sp³-hybridized carbons (Fsp3) is 0.538. The van der Waals surface area contributed by atoms with Crippen molar-refractivity contribution >= 4 is 11.7 Å². The molecule has 0 aromatic carbocycles. The summed E-state index contributed by atoms with van der Waals surface area (Å²) < 4.78 is 0. The molecular formula is C13H19N3O. The van der Waals surface area contributed by atoms with Crippen molar-refractivity contribution < 1.29 is 4.79 Å². The van der Waals surface area contributed by atoms with Gasteiger partial charge in [0.2, 0.25) is 0 Å². The van der Waals surface area contributed by atoms with Crippen molar-refractivity contribution in [1.29, 1.82) is 0 Å². The molecule has 0 spiro atoms. The van der Waals surface area contributed by atoms with Gasteiger partial charge in [-0.2, -0.15) is 0 Å². The number of pyridine rings is 1. The van der Waals surface area contributed by atoms with E-state index in [9.17, 15) is 4.79 Å². The van der Waals surface area contributed by atoms with Crippen LogP contribution in [0.4, 0.5) is 5.82 Å². The number of nitrogens with one attached hydrogen (secondary N) is 1. The van der Waals surface area contributed by atoms with Crippen molar-refractivity contribution in [3.63, 3.8) is 0 Å². The van der Waals surface area contributed by atoms with Gasteiger partial charge in [-0.15, -0.1) is 0 Å². The predicted octanol–water partition coefficient (Wildman–Crippen LogP) is 1.82. The molecule has 1 aliphatic heterocycles. The summed E-state index contributed by atoms with van der Waals surface area (Å²) in [4.78, 5) is 18.6. The largest absolute Gasteiger partial charge is 0.356 e. The summed E-state index contributed by atoms with van der Waals surface area (Å²) in [5.74, 6) is 0.820. The van der Waals surface area contributed by atoms with Crippen molar-refractivity contribution in [1.82, 2.24) is 10.3 Å². The lowest BCUT2D eigenvalue weighted by Crippen LogP contribution is -2.28. The second-order valence-corrected chi connectivity index (χ2v) is 4.32. The maximum Gasteiger partial charge on any atom is 0.255 e. The van der Waals surface area contributed by atoms with Gasteiger partial charge < -0.3 is 10.2 Å². The van der Waals surface area contributed by atoms with Gasteiger partial charge in [0, 0.05) is 25.8 Å². The number of rotatable bonds is 4. The second-order valence-electron chi connectivity index (χ2n) is 4.32. The molecule has 1 aromatic heterocycles. The lowest BCUT2D eigenvalue weighted by Gasteiger charge is -2.19. The first-order chi connectivity index (χ1) is 8.33. The van der Waals surface area contributed by atoms with E-state index in [4.69, 9.17) is 0 Å². The first kappa shape index (κ1) is 11.9. The summed E-state index contributed by atoms with van der Waals surface area (Å²) >= 11 is 0. The second kappa shape index (κ2) is 5.66. The lowest BCUT2D eigenvalue weighted by molar-refractivity contribution is 0.0954. The standard InChI is InChI=1S/C13H19N3O/c1-2-7-15-13(17)11-6-5-8-14-12(11)16-9-3-4-10-16/h5-6,8H,2-4,7,9-10H2,1H3,(H,15,17). The number of amides is 1. The zero-order valence-electron chi connectivity index (χ0n) is 10.3. The molecular weight excluding hydrogens is 214 g/mol. The molecule has 0 unspecified atom stereocenters. The highest BCUT2D eigenvalue weighted by Crippen LogP contribution is 2.21. The number of carbonyl (C=O) groups is 1. The maximum absolute atomic E-state index is 12.0. The summed E-state index contributed by atoms with van der Waals surface area (Å²) in [5.41, 5.74) is 0.697. The van der Waals surface area contributed by atoms with Gasteiger partial charge in [0.1, 0.15) is 5.82 Å². The van der Waals surface area contributed by atoms with Crippen LogP contribution in [0.1, 0.15) is 36.5 Å². The molecule has 4 heteroatoms. The molecule has 1 amide bonds. The monoisotopic (exact) mass is 233 g/mol. The minimum atomic E-state index is -0.0122. The van der Waals surface area contributed by atoms with Gasteiger partial charge in [0.25, 0.3) is 5.91 Å². The van der Waals surface area contributed by atoms with Crippen molar-refractivity contribution in [2.45, 2.75) is 26.2 Å². The van der Waals surface area contributed by atoms with Crippen LogP contribution in [-0.4, -0.2) is 30.5 Å². The Labute approximate surface area is 102 Å². The average Bonchev–Trinajstić information content (AvgIpc) is 2.89. The van der Waals surface area contributed by atoms with Gasteiger partial charge in [-0.05, 0) is 31.4 Å². The molecule has 1 aromatic rings. The lowest BCUT2D eigenvalue weighted by atomic mass is 10.2. The Balaban J connectivity index is 2.17. The molecule has 1 aliphatic rings. The number of nitrogens with zero attached hydrogens (tertiary/aromatic N) is 2. The highest BCUT2D eigenvalue weighted by atomic mass is 16.1. The van der Waals surface area contributed by atoms with E-state index in [-0.39, 0.29) is 5.91 Å². The average molecular weight is 233 g/mol. The van der Waals surface area contributed by atoms with E-state index in [1.807, 2.05) is 19.1 Å². The Morgan fingerprint density at radius 1 is 1.47 bits per heavy atom. The highest BCUT2D eigenvalue weighted by molar-refractivity contribution is 5.98. The van der Waals surface area contributed by atoms with Crippen LogP contribution in [-0.2, 0) is 0 Å². The van der Waals surface area contributed by atoms with Gasteiger partial charge in [0.15, 0.2) is 0 Å². The van der Waals surface area contributed by atoms with Crippen LogP contribution in [0.15, 0.2) is 18.3 Å². The summed E-state index contributed by atoms with van der Waals surface area (Å²) in [6.45, 7) is 4.77. The minimum absolute atomic E-state index is 0.0122. The van der Waals surface area contributed by atoms with Gasteiger partial charge in [-0.25, -0.2) is 4.98 Å². The molecule has 4 nitrogen and oxygen atoms in total. The van der Waals surface area contributed by atoms with Crippen molar-refractivity contribution in [3.8, 4) is 0 Å². The van der Waals surface area contributed by atoms with Gasteiger partial charge in [-0.1, -0.05) is 6.92 Å². The number of aromatic nitrogens is 1. The Morgan fingerprint density at radius 2 is 2.24 bits per heavy atom. The molecule has 1 saturated heterocycles. The molecule has 0 saturated carbocycles. The predicted molar refractivity (Wildman–Crippen MR) is 68.3 cm³/mol. The van der Waals surface area contributed by atoms with E-state index in [0.29, 0.717) is 12.1 Å². The number of hydrogen-bond acceptors (Lipinski definition) is 3. The summed E-state index contributed by atoms with van der Waals surface area (Å²) in [7, 11) is 0. The Hall–Kier alpha value is -1.58. The Kier molecular flexibility index (Phi) is 3.96. The van der Waals surface area contributed by atoms with Crippen molar-refractivity contribution in [3.05, 3.63) is 23.9 Å². The van der Waals surface area contributed by atoms with Crippen LogP contribution in [0.2, 0.25) is 0 Å². The Morgan fingerprint density at radius 3 is 2.94 bits per heavy atom. The summed E-state index contributed by atoms with van der Waals surface area (Å²) in [6.07, 6.45) is 5.08. The molecule has 0 bridgehead atoms. The summed E-state index contributed by atoms with van der Waals surface area (Å²) in [6, 6.07) is 3.67. The fourth-order valence-electron chi connectivity index (χ4n) is 2.09. The molecule has 0 aliphatic carbocycles. The van der Waals surface area contributed by atoms with E-state index in [1.54, 1.807) is 6.20 Å². The third-order valence-corrected chi connectivity index (χ3v) is 2.97. The zero-order valence-corrected chi connectivity index (χ0v) is 10.3. The number of anilines is 1. The topological polar surface area (TPSA) is 45.2 Å². The maximum atomic E-state index is 12.0. The van der Waals surface area contributed by atoms with Crippen LogP contribution in [0.3, 0.4) is 0 Å². The molecule has 0 radical (unpaired) electrons. The third kappa shape index (κ3) is 2.75. The van der Waals surface area contributed by atoms with Crippen LogP contribution in [0, 0.1) is 0 Å². The van der Waals surface area contributed by atoms with Crippen molar-refractivity contribution in [2.24, 2.45) is 0 Å². The molecule has 2 heterocycles. The molecule has 17 heavy (non-hydrogen) atoms. The molecule has 2 rings (SSSR count). The van der Waals surface area contributed by atoms with E-state index in [1.165, 1.54) is 12.8 Å². The van der Waals surface area contributed by atoms with Crippen LogP contribution in [0.5, 0.6) is 0 Å². The van der Waals surface area contributed by atoms with E-state index >= 15 is 0 Å². The van der Waals surface area contributed by atoms with Crippen molar-refractivity contribution in [2.75, 3.05) is 24.5 Å². The quantitative estimate of drug-likeness (QED) is 0.862. The van der Waals surface area contributed by atoms with Gasteiger partial charge in [0.05, 0.1) is 5.56 Å². The smallest absolute Gasteiger partial charge is 0.255 e. The van der Waals surface area contributed by atoms with E-state index in [2.05, 4.69) is 15.2 Å². The fourth-order valence-corrected chi connectivity index (χ4v) is 2.09. The van der Waals surface area contributed by atoms with Gasteiger partial charge in [-0.3, -0.25) is 4.79 Å². The van der Waals surface area contributed by atoms with Crippen LogP contribution < -0.4 is 10.2 Å². The molecule has 0 atom stereocenters. The molecule has 1 N–H and O–H groups in total. The molecule has 1 fully saturated rings.